The van der Waals surface area contributed by atoms with Crippen molar-refractivity contribution in [3.05, 3.63) is 28.2 Å². The molecule has 0 amide bonds. The van der Waals surface area contributed by atoms with Gasteiger partial charge >= 0.3 is 0 Å². The molecule has 1 N–H and O–H groups in total. The lowest BCUT2D eigenvalue weighted by molar-refractivity contribution is -0.134. The fourth-order valence-corrected chi connectivity index (χ4v) is 4.45. The summed E-state index contributed by atoms with van der Waals surface area (Å²) in [6.07, 6.45) is 8.39. The van der Waals surface area contributed by atoms with Crippen LogP contribution < -0.4 is 5.32 Å². The Morgan fingerprint density at radius 2 is 2.05 bits per heavy atom. The third-order valence-electron chi connectivity index (χ3n) is 5.44. The topological polar surface area (TPSA) is 21.3 Å². The number of halogens is 1. The number of aryl methyl sites for hydroxylation is 1. The highest BCUT2D eigenvalue weighted by molar-refractivity contribution is 9.10. The average Bonchev–Trinajstić information content (AvgIpc) is 2.50. The highest BCUT2D eigenvalue weighted by Crippen LogP contribution is 2.54. The molecule has 1 spiro atoms. The molecule has 2 saturated carbocycles. The molecule has 1 aromatic rings. The van der Waals surface area contributed by atoms with Gasteiger partial charge in [0.05, 0.1) is 6.10 Å². The van der Waals surface area contributed by atoms with Crippen molar-refractivity contribution in [1.29, 1.82) is 0 Å². The van der Waals surface area contributed by atoms with Gasteiger partial charge in [-0.25, -0.2) is 0 Å². The Balaban J connectivity index is 1.73. The van der Waals surface area contributed by atoms with Gasteiger partial charge in [-0.05, 0) is 56.9 Å². The Kier molecular flexibility index (Phi) is 4.60. The predicted octanol–water partition coefficient (Wildman–Crippen LogP) is 5.30. The molecular formula is C18H26BrNO. The van der Waals surface area contributed by atoms with E-state index in [9.17, 15) is 0 Å². The van der Waals surface area contributed by atoms with Crippen LogP contribution in [-0.2, 0) is 4.74 Å². The van der Waals surface area contributed by atoms with Crippen molar-refractivity contribution < 1.29 is 4.74 Å². The summed E-state index contributed by atoms with van der Waals surface area (Å²) < 4.78 is 7.22. The van der Waals surface area contributed by atoms with Crippen molar-refractivity contribution in [2.75, 3.05) is 11.9 Å². The Bertz CT molecular complexity index is 496. The predicted molar refractivity (Wildman–Crippen MR) is 91.8 cm³/mol. The maximum absolute atomic E-state index is 6.03. The second kappa shape index (κ2) is 6.29. The second-order valence-electron chi connectivity index (χ2n) is 6.63. The Morgan fingerprint density at radius 1 is 1.29 bits per heavy atom. The van der Waals surface area contributed by atoms with E-state index in [1.54, 1.807) is 0 Å². The first kappa shape index (κ1) is 15.4. The minimum Gasteiger partial charge on any atom is -0.382 e. The van der Waals surface area contributed by atoms with Gasteiger partial charge in [0.15, 0.2) is 0 Å². The van der Waals surface area contributed by atoms with Crippen LogP contribution in [-0.4, -0.2) is 18.8 Å². The summed E-state index contributed by atoms with van der Waals surface area (Å²) in [5.74, 6) is 0. The van der Waals surface area contributed by atoms with Crippen LogP contribution in [0, 0.1) is 12.3 Å². The van der Waals surface area contributed by atoms with Crippen molar-refractivity contribution in [3.8, 4) is 0 Å². The highest BCUT2D eigenvalue weighted by Gasteiger charge is 2.55. The SMILES string of the molecule is CCOC1CC(Nc2ccc(Br)c(C)c2)C12CCCCC2. The molecule has 0 radical (unpaired) electrons. The van der Waals surface area contributed by atoms with Gasteiger partial charge in [-0.2, -0.15) is 0 Å². The molecule has 21 heavy (non-hydrogen) atoms. The Morgan fingerprint density at radius 3 is 2.71 bits per heavy atom. The van der Waals surface area contributed by atoms with Gasteiger partial charge in [-0.15, -0.1) is 0 Å². The third kappa shape index (κ3) is 2.87. The van der Waals surface area contributed by atoms with E-state index in [4.69, 9.17) is 4.74 Å². The van der Waals surface area contributed by atoms with E-state index in [0.717, 1.165) is 13.0 Å². The van der Waals surface area contributed by atoms with Crippen molar-refractivity contribution >= 4 is 21.6 Å². The summed E-state index contributed by atoms with van der Waals surface area (Å²) in [5, 5.41) is 3.79. The minimum absolute atomic E-state index is 0.384. The number of benzene rings is 1. The maximum Gasteiger partial charge on any atom is 0.0670 e. The molecule has 2 aliphatic carbocycles. The molecule has 0 aromatic heterocycles. The largest absolute Gasteiger partial charge is 0.382 e. The van der Waals surface area contributed by atoms with E-state index >= 15 is 0 Å². The van der Waals surface area contributed by atoms with Gasteiger partial charge in [-0.1, -0.05) is 35.2 Å². The molecule has 2 aliphatic rings. The van der Waals surface area contributed by atoms with Crippen LogP contribution in [0.4, 0.5) is 5.69 Å². The third-order valence-corrected chi connectivity index (χ3v) is 6.33. The molecule has 116 valence electrons. The van der Waals surface area contributed by atoms with Gasteiger partial charge in [0.1, 0.15) is 0 Å². The molecule has 0 aliphatic heterocycles. The molecule has 2 nitrogen and oxygen atoms in total. The molecular weight excluding hydrogens is 326 g/mol. The quantitative estimate of drug-likeness (QED) is 0.794. The smallest absolute Gasteiger partial charge is 0.0670 e. The number of rotatable bonds is 4. The number of nitrogens with one attached hydrogen (secondary N) is 1. The van der Waals surface area contributed by atoms with Crippen LogP contribution in [0.25, 0.3) is 0 Å². The van der Waals surface area contributed by atoms with E-state index < -0.39 is 0 Å². The highest BCUT2D eigenvalue weighted by atomic mass is 79.9. The number of hydrogen-bond donors (Lipinski definition) is 1. The molecule has 0 saturated heterocycles. The summed E-state index contributed by atoms with van der Waals surface area (Å²) in [4.78, 5) is 0. The van der Waals surface area contributed by atoms with Gasteiger partial charge < -0.3 is 10.1 Å². The zero-order chi connectivity index (χ0) is 14.9. The van der Waals surface area contributed by atoms with Gasteiger partial charge in [-0.3, -0.25) is 0 Å². The molecule has 1 aromatic carbocycles. The lowest BCUT2D eigenvalue weighted by Crippen LogP contribution is -2.62. The van der Waals surface area contributed by atoms with Crippen LogP contribution in [0.3, 0.4) is 0 Å². The average molecular weight is 352 g/mol. The van der Waals surface area contributed by atoms with Crippen molar-refractivity contribution in [2.45, 2.75) is 64.5 Å². The molecule has 3 heteroatoms. The fraction of sp³-hybridized carbons (Fsp3) is 0.667. The Labute approximate surface area is 136 Å². The first-order chi connectivity index (χ1) is 10.2. The number of ether oxygens (including phenoxy) is 1. The molecule has 0 heterocycles. The lowest BCUT2D eigenvalue weighted by Gasteiger charge is -2.58. The van der Waals surface area contributed by atoms with Crippen molar-refractivity contribution in [2.24, 2.45) is 5.41 Å². The summed E-state index contributed by atoms with van der Waals surface area (Å²) >= 11 is 3.58. The van der Waals surface area contributed by atoms with E-state index in [1.165, 1.54) is 47.8 Å². The zero-order valence-corrected chi connectivity index (χ0v) is 14.7. The normalized spacial score (nSPS) is 27.4. The summed E-state index contributed by atoms with van der Waals surface area (Å²) in [7, 11) is 0. The molecule has 2 atom stereocenters. The van der Waals surface area contributed by atoms with Crippen molar-refractivity contribution in [3.63, 3.8) is 0 Å². The van der Waals surface area contributed by atoms with Crippen molar-refractivity contribution in [1.82, 2.24) is 0 Å². The molecule has 2 unspecified atom stereocenters. The van der Waals surface area contributed by atoms with E-state index in [0.29, 0.717) is 17.6 Å². The maximum atomic E-state index is 6.03. The summed E-state index contributed by atoms with van der Waals surface area (Å²) in [5.41, 5.74) is 2.92. The monoisotopic (exact) mass is 351 g/mol. The molecule has 0 bridgehead atoms. The minimum atomic E-state index is 0.384. The Hall–Kier alpha value is -0.540. The lowest BCUT2D eigenvalue weighted by atomic mass is 9.55. The molecule has 2 fully saturated rings. The summed E-state index contributed by atoms with van der Waals surface area (Å²) in [6, 6.07) is 7.15. The standard InChI is InChI=1S/C18H26BrNO/c1-3-21-17-12-16(18(17)9-5-4-6-10-18)20-14-7-8-15(19)13(2)11-14/h7-8,11,16-17,20H,3-6,9-10,12H2,1-2H3. The fourth-order valence-electron chi connectivity index (χ4n) is 4.20. The number of anilines is 1. The van der Waals surface area contributed by atoms with Crippen LogP contribution in [0.5, 0.6) is 0 Å². The molecule has 3 rings (SSSR count). The van der Waals surface area contributed by atoms with Crippen LogP contribution in [0.2, 0.25) is 0 Å². The van der Waals surface area contributed by atoms with Crippen LogP contribution in [0.1, 0.15) is 51.0 Å². The van der Waals surface area contributed by atoms with Gasteiger partial charge in [0.25, 0.3) is 0 Å². The van der Waals surface area contributed by atoms with Gasteiger partial charge in [0, 0.05) is 28.2 Å². The summed E-state index contributed by atoms with van der Waals surface area (Å²) in [6.45, 7) is 5.11. The van der Waals surface area contributed by atoms with Gasteiger partial charge in [0.2, 0.25) is 0 Å². The van der Waals surface area contributed by atoms with Crippen LogP contribution in [0.15, 0.2) is 22.7 Å². The number of hydrogen-bond acceptors (Lipinski definition) is 2. The second-order valence-corrected chi connectivity index (χ2v) is 7.49. The van der Waals surface area contributed by atoms with E-state index in [2.05, 4.69) is 53.3 Å². The van der Waals surface area contributed by atoms with E-state index in [-0.39, 0.29) is 0 Å². The zero-order valence-electron chi connectivity index (χ0n) is 13.1. The first-order valence-electron chi connectivity index (χ1n) is 8.30. The van der Waals surface area contributed by atoms with E-state index in [1.807, 2.05) is 0 Å². The first-order valence-corrected chi connectivity index (χ1v) is 9.09. The van der Waals surface area contributed by atoms with Crippen LogP contribution >= 0.6 is 15.9 Å².